The van der Waals surface area contributed by atoms with Gasteiger partial charge in [-0.2, -0.15) is 5.10 Å². The normalized spacial score (nSPS) is 29.2. The minimum Gasteiger partial charge on any atom is -0.319 e. The number of nitrogens with one attached hydrogen (secondary N) is 1. The molecular formula is C16H29N3. The molecule has 3 heteroatoms. The molecule has 0 aromatic rings. The highest BCUT2D eigenvalue weighted by Crippen LogP contribution is 2.32. The lowest BCUT2D eigenvalue weighted by atomic mass is 9.91. The van der Waals surface area contributed by atoms with E-state index >= 15 is 0 Å². The zero-order valence-corrected chi connectivity index (χ0v) is 12.7. The number of allylic oxidation sites excluding steroid dienone is 1. The Morgan fingerprint density at radius 1 is 1.32 bits per heavy atom. The monoisotopic (exact) mass is 263 g/mol. The molecule has 1 fully saturated rings. The molecule has 1 saturated carbocycles. The average molecular weight is 263 g/mol. The van der Waals surface area contributed by atoms with Gasteiger partial charge < -0.3 is 5.32 Å². The highest BCUT2D eigenvalue weighted by Gasteiger charge is 2.35. The molecule has 1 heterocycles. The second-order valence-corrected chi connectivity index (χ2v) is 5.92. The summed E-state index contributed by atoms with van der Waals surface area (Å²) in [5, 5.41) is 10.7. The van der Waals surface area contributed by atoms with Gasteiger partial charge in [-0.05, 0) is 26.8 Å². The molecule has 0 aromatic carbocycles. The molecule has 2 atom stereocenters. The number of nitrogens with zero attached hydrogens (tertiary/aromatic N) is 2. The van der Waals surface area contributed by atoms with Crippen molar-refractivity contribution in [3.8, 4) is 0 Å². The first-order chi connectivity index (χ1) is 9.27. The molecule has 3 nitrogen and oxygen atoms in total. The van der Waals surface area contributed by atoms with E-state index in [-0.39, 0.29) is 0 Å². The van der Waals surface area contributed by atoms with Gasteiger partial charge in [0.05, 0.1) is 6.04 Å². The van der Waals surface area contributed by atoms with Crippen LogP contribution in [0.5, 0.6) is 0 Å². The lowest BCUT2D eigenvalue weighted by Crippen LogP contribution is -2.39. The number of hydrazone groups is 1. The Morgan fingerprint density at radius 3 is 2.68 bits per heavy atom. The van der Waals surface area contributed by atoms with Gasteiger partial charge in [0.1, 0.15) is 0 Å². The van der Waals surface area contributed by atoms with E-state index in [0.29, 0.717) is 18.0 Å². The van der Waals surface area contributed by atoms with Gasteiger partial charge in [0, 0.05) is 30.6 Å². The molecule has 2 unspecified atom stereocenters. The summed E-state index contributed by atoms with van der Waals surface area (Å²) in [7, 11) is 2.02. The fourth-order valence-corrected chi connectivity index (χ4v) is 3.39. The molecular weight excluding hydrogens is 234 g/mol. The molecule has 2 rings (SSSR count). The summed E-state index contributed by atoms with van der Waals surface area (Å²) >= 11 is 0. The zero-order chi connectivity index (χ0) is 13.7. The fourth-order valence-electron chi connectivity index (χ4n) is 3.39. The van der Waals surface area contributed by atoms with Crippen LogP contribution in [0, 0.1) is 5.92 Å². The van der Waals surface area contributed by atoms with Crippen molar-refractivity contribution in [3.05, 3.63) is 12.2 Å². The lowest BCUT2D eigenvalue weighted by molar-refractivity contribution is 0.135. The molecule has 0 saturated heterocycles. The van der Waals surface area contributed by atoms with Gasteiger partial charge in [-0.25, -0.2) is 0 Å². The third-order valence-corrected chi connectivity index (χ3v) is 4.56. The van der Waals surface area contributed by atoms with E-state index in [4.69, 9.17) is 5.10 Å². The first kappa shape index (κ1) is 14.6. The quantitative estimate of drug-likeness (QED) is 0.771. The number of hydrogen-bond acceptors (Lipinski definition) is 3. The first-order valence-electron chi connectivity index (χ1n) is 7.91. The lowest BCUT2D eigenvalue weighted by Gasteiger charge is -2.34. The van der Waals surface area contributed by atoms with Gasteiger partial charge in [0.25, 0.3) is 0 Å². The van der Waals surface area contributed by atoms with Crippen molar-refractivity contribution in [2.75, 3.05) is 13.6 Å². The zero-order valence-electron chi connectivity index (χ0n) is 12.7. The smallest absolute Gasteiger partial charge is 0.0732 e. The second kappa shape index (κ2) is 7.09. The number of rotatable bonds is 5. The maximum absolute atomic E-state index is 4.99. The van der Waals surface area contributed by atoms with Crippen molar-refractivity contribution in [1.82, 2.24) is 10.3 Å². The Bertz CT molecular complexity index is 329. The number of hydrogen-bond donors (Lipinski definition) is 1. The van der Waals surface area contributed by atoms with Crippen LogP contribution in [0.3, 0.4) is 0 Å². The molecule has 1 N–H and O–H groups in total. The van der Waals surface area contributed by atoms with Crippen LogP contribution in [0.2, 0.25) is 0 Å². The summed E-state index contributed by atoms with van der Waals surface area (Å²) in [6, 6.07) is 1.16. The molecule has 2 aliphatic rings. The Hall–Kier alpha value is -0.830. The maximum atomic E-state index is 4.99. The highest BCUT2D eigenvalue weighted by atomic mass is 15.5. The first-order valence-corrected chi connectivity index (χ1v) is 7.91. The summed E-state index contributed by atoms with van der Waals surface area (Å²) in [4.78, 5) is 0. The van der Waals surface area contributed by atoms with Gasteiger partial charge in [-0.3, -0.25) is 5.01 Å². The molecule has 0 radical (unpaired) electrons. The topological polar surface area (TPSA) is 27.6 Å². The van der Waals surface area contributed by atoms with Crippen LogP contribution in [0.25, 0.3) is 0 Å². The fraction of sp³-hybridized carbons (Fsp3) is 0.812. The summed E-state index contributed by atoms with van der Waals surface area (Å²) in [5.41, 5.74) is 1.38. The summed E-state index contributed by atoms with van der Waals surface area (Å²) < 4.78 is 0. The van der Waals surface area contributed by atoms with Crippen LogP contribution < -0.4 is 5.32 Å². The van der Waals surface area contributed by atoms with Gasteiger partial charge in [0.2, 0.25) is 0 Å². The predicted octanol–water partition coefficient (Wildman–Crippen LogP) is 3.18. The van der Waals surface area contributed by atoms with Crippen molar-refractivity contribution < 1.29 is 0 Å². The minimum atomic E-state index is 0.486. The third kappa shape index (κ3) is 3.38. The molecule has 108 valence electrons. The van der Waals surface area contributed by atoms with Gasteiger partial charge >= 0.3 is 0 Å². The van der Waals surface area contributed by atoms with Gasteiger partial charge in [0.15, 0.2) is 0 Å². The largest absolute Gasteiger partial charge is 0.319 e. The Balaban J connectivity index is 2.09. The molecule has 19 heavy (non-hydrogen) atoms. The predicted molar refractivity (Wildman–Crippen MR) is 82.5 cm³/mol. The second-order valence-electron chi connectivity index (χ2n) is 5.92. The molecule has 1 aliphatic heterocycles. The van der Waals surface area contributed by atoms with Crippen LogP contribution in [0.4, 0.5) is 0 Å². The Labute approximate surface area is 118 Å². The maximum Gasteiger partial charge on any atom is 0.0732 e. The van der Waals surface area contributed by atoms with Crippen LogP contribution in [-0.4, -0.2) is 36.4 Å². The summed E-state index contributed by atoms with van der Waals surface area (Å²) in [6.07, 6.45) is 12.4. The van der Waals surface area contributed by atoms with E-state index in [1.54, 1.807) is 0 Å². The van der Waals surface area contributed by atoms with Crippen molar-refractivity contribution in [1.29, 1.82) is 0 Å². The Kier molecular flexibility index (Phi) is 5.44. The van der Waals surface area contributed by atoms with Gasteiger partial charge in [-0.1, -0.05) is 38.3 Å². The Morgan fingerprint density at radius 2 is 2.05 bits per heavy atom. The van der Waals surface area contributed by atoms with E-state index < -0.39 is 0 Å². The summed E-state index contributed by atoms with van der Waals surface area (Å²) in [6.45, 7) is 5.49. The van der Waals surface area contributed by atoms with E-state index in [1.165, 1.54) is 37.8 Å². The highest BCUT2D eigenvalue weighted by molar-refractivity contribution is 5.88. The van der Waals surface area contributed by atoms with Crippen molar-refractivity contribution in [2.45, 2.75) is 64.5 Å². The van der Waals surface area contributed by atoms with Crippen molar-refractivity contribution in [3.63, 3.8) is 0 Å². The third-order valence-electron chi connectivity index (χ3n) is 4.56. The van der Waals surface area contributed by atoms with E-state index in [9.17, 15) is 0 Å². The van der Waals surface area contributed by atoms with Crippen LogP contribution in [0.15, 0.2) is 17.3 Å². The standard InChI is InChI=1S/C16H29N3/c1-4-8-16-13(2)15(11-12-17-3)18-19(16)14-9-6-5-7-10-14/h4,8,13-14,16-17H,5-7,9-12H2,1-3H3/b8-4+. The van der Waals surface area contributed by atoms with Gasteiger partial charge in [-0.15, -0.1) is 0 Å². The molecule has 1 aliphatic carbocycles. The molecule has 0 amide bonds. The SMILES string of the molecule is C/C=C/C1C(C)C(CCNC)=NN1C1CCCCC1. The van der Waals surface area contributed by atoms with Crippen LogP contribution >= 0.6 is 0 Å². The van der Waals surface area contributed by atoms with E-state index in [0.717, 1.165) is 13.0 Å². The van der Waals surface area contributed by atoms with Crippen molar-refractivity contribution in [2.24, 2.45) is 11.0 Å². The summed E-state index contributed by atoms with van der Waals surface area (Å²) in [5.74, 6) is 0.562. The molecule has 0 spiro atoms. The van der Waals surface area contributed by atoms with E-state index in [2.05, 4.69) is 36.3 Å². The van der Waals surface area contributed by atoms with Crippen molar-refractivity contribution >= 4 is 5.71 Å². The van der Waals surface area contributed by atoms with Crippen LogP contribution in [-0.2, 0) is 0 Å². The average Bonchev–Trinajstić information content (AvgIpc) is 2.75. The van der Waals surface area contributed by atoms with E-state index in [1.807, 2.05) is 7.05 Å². The minimum absolute atomic E-state index is 0.486. The molecule has 0 aromatic heterocycles. The molecule has 0 bridgehead atoms. The van der Waals surface area contributed by atoms with Crippen LogP contribution in [0.1, 0.15) is 52.4 Å².